The fourth-order valence-corrected chi connectivity index (χ4v) is 2.21. The first-order chi connectivity index (χ1) is 11.1. The van der Waals surface area contributed by atoms with Gasteiger partial charge >= 0.3 is 0 Å². The third kappa shape index (κ3) is 5.38. The largest absolute Gasteiger partial charge is 0.370 e. The number of anilines is 2. The molecule has 2 N–H and O–H groups in total. The topological polar surface area (TPSA) is 57.3 Å². The molecule has 0 fully saturated rings. The van der Waals surface area contributed by atoms with Crippen LogP contribution in [-0.2, 0) is 0 Å². The van der Waals surface area contributed by atoms with Crippen LogP contribution < -0.4 is 10.6 Å². The van der Waals surface area contributed by atoms with E-state index in [-0.39, 0.29) is 5.91 Å². The van der Waals surface area contributed by atoms with Crippen LogP contribution in [0.3, 0.4) is 0 Å². The van der Waals surface area contributed by atoms with Crippen LogP contribution in [0.2, 0.25) is 0 Å². The summed E-state index contributed by atoms with van der Waals surface area (Å²) in [7, 11) is 4.12. The average molecular weight is 312 g/mol. The number of rotatable bonds is 7. The first-order valence-corrected chi connectivity index (χ1v) is 7.78. The van der Waals surface area contributed by atoms with Gasteiger partial charge in [0.15, 0.2) is 0 Å². The van der Waals surface area contributed by atoms with E-state index in [9.17, 15) is 4.79 Å². The Morgan fingerprint density at radius 3 is 2.61 bits per heavy atom. The Labute approximate surface area is 137 Å². The summed E-state index contributed by atoms with van der Waals surface area (Å²) in [5.41, 5.74) is 2.33. The number of hydrogen-bond donors (Lipinski definition) is 2. The molecule has 1 heterocycles. The molecule has 2 rings (SSSR count). The third-order valence-electron chi connectivity index (χ3n) is 3.50. The molecule has 0 aliphatic carbocycles. The van der Waals surface area contributed by atoms with Crippen LogP contribution in [0.5, 0.6) is 0 Å². The summed E-state index contributed by atoms with van der Waals surface area (Å²) < 4.78 is 0. The van der Waals surface area contributed by atoms with Crippen molar-refractivity contribution in [3.05, 3.63) is 53.7 Å². The van der Waals surface area contributed by atoms with Gasteiger partial charge < -0.3 is 15.5 Å². The van der Waals surface area contributed by atoms with Crippen molar-refractivity contribution < 1.29 is 4.79 Å². The Morgan fingerprint density at radius 1 is 1.17 bits per heavy atom. The van der Waals surface area contributed by atoms with E-state index in [4.69, 9.17) is 0 Å². The average Bonchev–Trinajstić information content (AvgIpc) is 2.53. The highest BCUT2D eigenvalue weighted by Gasteiger charge is 2.08. The van der Waals surface area contributed by atoms with Gasteiger partial charge in [-0.3, -0.25) is 4.79 Å². The molecule has 0 aliphatic rings. The maximum atomic E-state index is 12.2. The van der Waals surface area contributed by atoms with Crippen LogP contribution in [0.15, 0.2) is 42.6 Å². The minimum atomic E-state index is -0.114. The van der Waals surface area contributed by atoms with Gasteiger partial charge in [-0.15, -0.1) is 0 Å². The summed E-state index contributed by atoms with van der Waals surface area (Å²) in [6.07, 6.45) is 2.73. The second kappa shape index (κ2) is 8.29. The van der Waals surface area contributed by atoms with Gasteiger partial charge in [0.2, 0.25) is 0 Å². The van der Waals surface area contributed by atoms with Gasteiger partial charge in [0.05, 0.1) is 11.9 Å². The van der Waals surface area contributed by atoms with Crippen LogP contribution in [0.1, 0.15) is 22.3 Å². The quantitative estimate of drug-likeness (QED) is 0.772. The monoisotopic (exact) mass is 312 g/mol. The Balaban J connectivity index is 1.87. The lowest BCUT2D eigenvalue weighted by atomic mass is 10.1. The van der Waals surface area contributed by atoms with Crippen molar-refractivity contribution in [3.8, 4) is 0 Å². The molecule has 23 heavy (non-hydrogen) atoms. The second-order valence-corrected chi connectivity index (χ2v) is 5.78. The minimum Gasteiger partial charge on any atom is -0.370 e. The predicted molar refractivity (Wildman–Crippen MR) is 95.0 cm³/mol. The van der Waals surface area contributed by atoms with Gasteiger partial charge in [-0.05, 0) is 57.7 Å². The molecule has 0 spiro atoms. The zero-order valence-corrected chi connectivity index (χ0v) is 14.0. The van der Waals surface area contributed by atoms with Crippen LogP contribution in [0.4, 0.5) is 11.5 Å². The SMILES string of the molecule is Cc1ccccc1C(=O)Nc1ccc(NCCCN(C)C)nc1. The molecule has 0 saturated heterocycles. The van der Waals surface area contributed by atoms with E-state index in [1.807, 2.05) is 43.3 Å². The zero-order chi connectivity index (χ0) is 16.7. The molecule has 2 aromatic rings. The van der Waals surface area contributed by atoms with Gasteiger partial charge in [0.1, 0.15) is 5.82 Å². The standard InChI is InChI=1S/C18H24N4O/c1-14-7-4-5-8-16(14)18(23)21-15-9-10-17(20-13-15)19-11-6-12-22(2)3/h4-5,7-10,13H,6,11-12H2,1-3H3,(H,19,20)(H,21,23). The van der Waals surface area contributed by atoms with E-state index in [1.54, 1.807) is 6.20 Å². The van der Waals surface area contributed by atoms with Crippen LogP contribution in [0, 0.1) is 6.92 Å². The Kier molecular flexibility index (Phi) is 6.11. The summed E-state index contributed by atoms with van der Waals surface area (Å²) in [5.74, 6) is 0.703. The lowest BCUT2D eigenvalue weighted by molar-refractivity contribution is 0.102. The van der Waals surface area contributed by atoms with Crippen molar-refractivity contribution in [2.24, 2.45) is 0 Å². The molecular weight excluding hydrogens is 288 g/mol. The molecule has 5 heteroatoms. The number of carbonyl (C=O) groups excluding carboxylic acids is 1. The summed E-state index contributed by atoms with van der Waals surface area (Å²) in [6, 6.07) is 11.3. The number of amides is 1. The Bertz CT molecular complexity index is 638. The number of aromatic nitrogens is 1. The highest BCUT2D eigenvalue weighted by atomic mass is 16.1. The number of hydrogen-bond acceptors (Lipinski definition) is 4. The molecule has 1 amide bonds. The van der Waals surface area contributed by atoms with Crippen LogP contribution >= 0.6 is 0 Å². The highest BCUT2D eigenvalue weighted by Crippen LogP contribution is 2.13. The molecule has 0 bridgehead atoms. The smallest absolute Gasteiger partial charge is 0.255 e. The fourth-order valence-electron chi connectivity index (χ4n) is 2.21. The van der Waals surface area contributed by atoms with Gasteiger partial charge in [-0.1, -0.05) is 18.2 Å². The van der Waals surface area contributed by atoms with E-state index < -0.39 is 0 Å². The maximum Gasteiger partial charge on any atom is 0.255 e. The van der Waals surface area contributed by atoms with E-state index >= 15 is 0 Å². The number of pyridine rings is 1. The summed E-state index contributed by atoms with van der Waals surface area (Å²) in [6.45, 7) is 3.84. The molecule has 122 valence electrons. The van der Waals surface area contributed by atoms with Crippen LogP contribution in [0.25, 0.3) is 0 Å². The van der Waals surface area contributed by atoms with Gasteiger partial charge in [-0.25, -0.2) is 4.98 Å². The minimum absolute atomic E-state index is 0.114. The van der Waals surface area contributed by atoms with E-state index in [1.165, 1.54) is 0 Å². The number of aryl methyl sites for hydroxylation is 1. The summed E-state index contributed by atoms with van der Waals surface area (Å²) in [4.78, 5) is 18.7. The lowest BCUT2D eigenvalue weighted by Gasteiger charge is -2.11. The molecule has 0 saturated carbocycles. The third-order valence-corrected chi connectivity index (χ3v) is 3.50. The predicted octanol–water partition coefficient (Wildman–Crippen LogP) is 3.01. The lowest BCUT2D eigenvalue weighted by Crippen LogP contribution is -2.16. The molecule has 0 unspecified atom stereocenters. The van der Waals surface area contributed by atoms with Crippen molar-refractivity contribution in [2.75, 3.05) is 37.8 Å². The first kappa shape index (κ1) is 17.0. The zero-order valence-electron chi connectivity index (χ0n) is 14.0. The van der Waals surface area contributed by atoms with Crippen molar-refractivity contribution in [3.63, 3.8) is 0 Å². The molecule has 0 atom stereocenters. The summed E-state index contributed by atoms with van der Waals surface area (Å²) >= 11 is 0. The number of nitrogens with one attached hydrogen (secondary N) is 2. The first-order valence-electron chi connectivity index (χ1n) is 7.78. The summed E-state index contributed by atoms with van der Waals surface area (Å²) in [5, 5.41) is 6.14. The Hall–Kier alpha value is -2.40. The number of benzene rings is 1. The van der Waals surface area contributed by atoms with E-state index in [2.05, 4.69) is 34.6 Å². The van der Waals surface area contributed by atoms with Crippen LogP contribution in [-0.4, -0.2) is 43.0 Å². The molecular formula is C18H24N4O. The van der Waals surface area contributed by atoms with Crippen molar-refractivity contribution in [2.45, 2.75) is 13.3 Å². The molecule has 0 aliphatic heterocycles. The maximum absolute atomic E-state index is 12.2. The number of carbonyl (C=O) groups is 1. The highest BCUT2D eigenvalue weighted by molar-refractivity contribution is 6.05. The van der Waals surface area contributed by atoms with Crippen molar-refractivity contribution >= 4 is 17.4 Å². The van der Waals surface area contributed by atoms with Gasteiger partial charge in [0.25, 0.3) is 5.91 Å². The molecule has 5 nitrogen and oxygen atoms in total. The van der Waals surface area contributed by atoms with Crippen molar-refractivity contribution in [1.29, 1.82) is 0 Å². The molecule has 1 aromatic carbocycles. The molecule has 0 radical (unpaired) electrons. The Morgan fingerprint density at radius 2 is 1.96 bits per heavy atom. The van der Waals surface area contributed by atoms with Crippen molar-refractivity contribution in [1.82, 2.24) is 9.88 Å². The normalized spacial score (nSPS) is 10.6. The van der Waals surface area contributed by atoms with Gasteiger partial charge in [-0.2, -0.15) is 0 Å². The molecule has 1 aromatic heterocycles. The van der Waals surface area contributed by atoms with E-state index in [0.717, 1.165) is 30.9 Å². The van der Waals surface area contributed by atoms with E-state index in [0.29, 0.717) is 11.3 Å². The fraction of sp³-hybridized carbons (Fsp3) is 0.333. The second-order valence-electron chi connectivity index (χ2n) is 5.78. The van der Waals surface area contributed by atoms with Gasteiger partial charge in [0, 0.05) is 12.1 Å². The number of nitrogens with zero attached hydrogens (tertiary/aromatic N) is 2.